The molecule has 2 N–H and O–H groups in total. The maximum Gasteiger partial charge on any atom is 0.260 e. The monoisotopic (exact) mass is 342 g/mol. The van der Waals surface area contributed by atoms with Crippen molar-refractivity contribution in [1.29, 1.82) is 0 Å². The van der Waals surface area contributed by atoms with Gasteiger partial charge in [-0.15, -0.1) is 4.83 Å². The zero-order chi connectivity index (χ0) is 16.3. The minimum absolute atomic E-state index is 0.00745. The number of aryl methyl sites for hydroxylation is 1. The highest BCUT2D eigenvalue weighted by Crippen LogP contribution is 2.15. The quantitative estimate of drug-likeness (QED) is 0.791. The van der Waals surface area contributed by atoms with E-state index in [0.717, 1.165) is 0 Å². The van der Waals surface area contributed by atoms with Gasteiger partial charge in [-0.3, -0.25) is 14.9 Å². The third kappa shape index (κ3) is 3.65. The fourth-order valence-electron chi connectivity index (χ4n) is 1.78. The number of halogens is 1. The number of rotatable bonds is 5. The van der Waals surface area contributed by atoms with E-state index in [9.17, 15) is 13.2 Å². The molecule has 0 atom stereocenters. The van der Waals surface area contributed by atoms with Gasteiger partial charge in [-0.25, -0.2) is 8.42 Å². The molecule has 0 unspecified atom stereocenters. The summed E-state index contributed by atoms with van der Waals surface area (Å²) in [7, 11) is -2.24. The average Bonchev–Trinajstić information content (AvgIpc) is 2.80. The molecule has 0 aliphatic rings. The second kappa shape index (κ2) is 6.47. The fraction of sp³-hybridized carbons (Fsp3) is 0.231. The number of aromatic nitrogens is 2. The summed E-state index contributed by atoms with van der Waals surface area (Å²) in [5.74, 6) is -0.516. The SMILES string of the molecule is Cc1c(S(=O)(=O)NNC(=O)Cc2ccccc2Cl)cnn1C. The Balaban J connectivity index is 2.02. The predicted molar refractivity (Wildman–Crippen MR) is 81.6 cm³/mol. The van der Waals surface area contributed by atoms with E-state index in [1.807, 2.05) is 4.83 Å². The van der Waals surface area contributed by atoms with Gasteiger partial charge in [0.2, 0.25) is 5.91 Å². The first-order chi connectivity index (χ1) is 10.3. The summed E-state index contributed by atoms with van der Waals surface area (Å²) in [6.45, 7) is 1.62. The first-order valence-electron chi connectivity index (χ1n) is 6.34. The van der Waals surface area contributed by atoms with Crippen LogP contribution in [-0.4, -0.2) is 24.1 Å². The lowest BCUT2D eigenvalue weighted by molar-refractivity contribution is -0.120. The summed E-state index contributed by atoms with van der Waals surface area (Å²) in [6, 6.07) is 6.85. The zero-order valence-corrected chi connectivity index (χ0v) is 13.6. The van der Waals surface area contributed by atoms with E-state index in [1.54, 1.807) is 38.2 Å². The molecule has 1 aromatic carbocycles. The summed E-state index contributed by atoms with van der Waals surface area (Å²) >= 11 is 5.95. The summed E-state index contributed by atoms with van der Waals surface area (Å²) in [4.78, 5) is 13.9. The lowest BCUT2D eigenvalue weighted by Crippen LogP contribution is -2.42. The predicted octanol–water partition coefficient (Wildman–Crippen LogP) is 0.934. The van der Waals surface area contributed by atoms with Gasteiger partial charge in [0.05, 0.1) is 18.3 Å². The molecule has 2 aromatic rings. The summed E-state index contributed by atoms with van der Waals surface area (Å²) in [5.41, 5.74) is 3.24. The molecule has 0 saturated carbocycles. The van der Waals surface area contributed by atoms with Gasteiger partial charge in [-0.2, -0.15) is 5.10 Å². The van der Waals surface area contributed by atoms with Crippen LogP contribution >= 0.6 is 11.6 Å². The molecule has 7 nitrogen and oxygen atoms in total. The van der Waals surface area contributed by atoms with E-state index in [4.69, 9.17) is 11.6 Å². The Labute approximate surface area is 133 Å². The molecule has 0 spiro atoms. The maximum atomic E-state index is 12.1. The molecule has 0 saturated heterocycles. The smallest absolute Gasteiger partial charge is 0.260 e. The third-order valence-corrected chi connectivity index (χ3v) is 4.83. The van der Waals surface area contributed by atoms with E-state index < -0.39 is 15.9 Å². The number of hydrazine groups is 1. The number of amides is 1. The number of sulfonamides is 1. The molecule has 9 heteroatoms. The van der Waals surface area contributed by atoms with Crippen LogP contribution in [0, 0.1) is 6.92 Å². The van der Waals surface area contributed by atoms with Crippen molar-refractivity contribution in [2.45, 2.75) is 18.2 Å². The van der Waals surface area contributed by atoms with Gasteiger partial charge >= 0.3 is 0 Å². The number of carbonyl (C=O) groups is 1. The number of hydrogen-bond acceptors (Lipinski definition) is 4. The standard InChI is InChI=1S/C13H15ClN4O3S/c1-9-12(8-15-18(9)2)22(20,21)17-16-13(19)7-10-5-3-4-6-11(10)14/h3-6,8,17H,7H2,1-2H3,(H,16,19). The Morgan fingerprint density at radius 1 is 1.36 bits per heavy atom. The van der Waals surface area contributed by atoms with Crippen LogP contribution in [0.2, 0.25) is 5.02 Å². The molecule has 0 fully saturated rings. The normalized spacial score (nSPS) is 11.4. The molecule has 0 aliphatic carbocycles. The van der Waals surface area contributed by atoms with Crippen LogP contribution in [0.5, 0.6) is 0 Å². The Bertz CT molecular complexity index is 801. The second-order valence-electron chi connectivity index (χ2n) is 4.64. The molecule has 1 heterocycles. The van der Waals surface area contributed by atoms with E-state index >= 15 is 0 Å². The van der Waals surface area contributed by atoms with Gasteiger partial charge in [0.15, 0.2) is 0 Å². The lowest BCUT2D eigenvalue weighted by atomic mass is 10.1. The number of nitrogens with zero attached hydrogens (tertiary/aromatic N) is 2. The Morgan fingerprint density at radius 3 is 2.64 bits per heavy atom. The molecule has 22 heavy (non-hydrogen) atoms. The van der Waals surface area contributed by atoms with Gasteiger partial charge in [0.1, 0.15) is 4.90 Å². The van der Waals surface area contributed by atoms with Crippen LogP contribution in [0.15, 0.2) is 35.4 Å². The van der Waals surface area contributed by atoms with Crippen molar-refractivity contribution in [2.24, 2.45) is 7.05 Å². The van der Waals surface area contributed by atoms with Gasteiger partial charge in [0.25, 0.3) is 10.0 Å². The lowest BCUT2D eigenvalue weighted by Gasteiger charge is -2.08. The van der Waals surface area contributed by atoms with Gasteiger partial charge in [0, 0.05) is 12.1 Å². The fourth-order valence-corrected chi connectivity index (χ4v) is 3.05. The van der Waals surface area contributed by atoms with Crippen molar-refractivity contribution >= 4 is 27.5 Å². The third-order valence-electron chi connectivity index (χ3n) is 3.11. The highest BCUT2D eigenvalue weighted by atomic mass is 35.5. The van der Waals surface area contributed by atoms with Crippen LogP contribution in [-0.2, 0) is 28.3 Å². The largest absolute Gasteiger partial charge is 0.277 e. The van der Waals surface area contributed by atoms with Gasteiger partial charge in [-0.1, -0.05) is 29.8 Å². The first-order valence-corrected chi connectivity index (χ1v) is 8.20. The summed E-state index contributed by atoms with van der Waals surface area (Å²) in [6.07, 6.45) is 1.19. The summed E-state index contributed by atoms with van der Waals surface area (Å²) < 4.78 is 25.6. The van der Waals surface area contributed by atoms with Crippen LogP contribution in [0.4, 0.5) is 0 Å². The van der Waals surface area contributed by atoms with E-state index in [-0.39, 0.29) is 11.3 Å². The van der Waals surface area contributed by atoms with E-state index in [1.165, 1.54) is 10.9 Å². The second-order valence-corrected chi connectivity index (χ2v) is 6.70. The molecule has 1 amide bonds. The zero-order valence-electron chi connectivity index (χ0n) is 12.0. The van der Waals surface area contributed by atoms with Crippen molar-refractivity contribution in [3.63, 3.8) is 0 Å². The number of carbonyl (C=O) groups excluding carboxylic acids is 1. The Hall–Kier alpha value is -1.90. The van der Waals surface area contributed by atoms with Crippen LogP contribution in [0.1, 0.15) is 11.3 Å². The number of hydrogen-bond donors (Lipinski definition) is 2. The minimum Gasteiger partial charge on any atom is -0.277 e. The molecule has 2 rings (SSSR count). The van der Waals surface area contributed by atoms with Gasteiger partial charge < -0.3 is 0 Å². The topological polar surface area (TPSA) is 93.1 Å². The van der Waals surface area contributed by atoms with Gasteiger partial charge in [-0.05, 0) is 18.6 Å². The van der Waals surface area contributed by atoms with Crippen molar-refractivity contribution < 1.29 is 13.2 Å². The van der Waals surface area contributed by atoms with Crippen LogP contribution in [0.3, 0.4) is 0 Å². The molecule has 0 bridgehead atoms. The van der Waals surface area contributed by atoms with E-state index in [2.05, 4.69) is 10.5 Å². The average molecular weight is 343 g/mol. The van der Waals surface area contributed by atoms with Crippen molar-refractivity contribution in [3.8, 4) is 0 Å². The molecule has 1 aromatic heterocycles. The highest BCUT2D eigenvalue weighted by molar-refractivity contribution is 7.89. The molecule has 118 valence electrons. The Kier molecular flexibility index (Phi) is 4.84. The maximum absolute atomic E-state index is 12.1. The van der Waals surface area contributed by atoms with Crippen molar-refractivity contribution in [2.75, 3.05) is 0 Å². The minimum atomic E-state index is -3.87. The van der Waals surface area contributed by atoms with Crippen molar-refractivity contribution in [1.82, 2.24) is 20.0 Å². The molecular formula is C13H15ClN4O3S. The number of nitrogens with one attached hydrogen (secondary N) is 2. The number of benzene rings is 1. The van der Waals surface area contributed by atoms with Crippen LogP contribution < -0.4 is 10.3 Å². The van der Waals surface area contributed by atoms with E-state index in [0.29, 0.717) is 16.3 Å². The molecular weight excluding hydrogens is 328 g/mol. The van der Waals surface area contributed by atoms with Crippen molar-refractivity contribution in [3.05, 3.63) is 46.7 Å². The molecule has 0 radical (unpaired) electrons. The van der Waals surface area contributed by atoms with Crippen LogP contribution in [0.25, 0.3) is 0 Å². The first kappa shape index (κ1) is 16.5. The Morgan fingerprint density at radius 2 is 2.05 bits per heavy atom. The summed E-state index contributed by atoms with van der Waals surface area (Å²) in [5, 5.41) is 4.30. The highest BCUT2D eigenvalue weighted by Gasteiger charge is 2.20. The molecule has 0 aliphatic heterocycles.